The monoisotopic (exact) mass is 799 g/mol. The summed E-state index contributed by atoms with van der Waals surface area (Å²) < 4.78 is 58.2. The lowest BCUT2D eigenvalue weighted by atomic mass is 9.72. The molecule has 1 aliphatic carbocycles. The summed E-state index contributed by atoms with van der Waals surface area (Å²) >= 11 is 1.36. The van der Waals surface area contributed by atoms with Crippen LogP contribution in [0.1, 0.15) is 82.2 Å². The van der Waals surface area contributed by atoms with Gasteiger partial charge in [-0.25, -0.2) is 9.07 Å². The number of aryl methyl sites for hydroxylation is 2. The Labute approximate surface area is 327 Å². The highest BCUT2D eigenvalue weighted by atomic mass is 32.2. The fourth-order valence-corrected chi connectivity index (χ4v) is 8.19. The molecule has 11 nitrogen and oxygen atoms in total. The van der Waals surface area contributed by atoms with Crippen molar-refractivity contribution in [1.82, 2.24) is 35.8 Å². The summed E-state index contributed by atoms with van der Waals surface area (Å²) in [7, 11) is 1.70. The molecule has 2 aromatic carbocycles. The van der Waals surface area contributed by atoms with Gasteiger partial charge in [-0.3, -0.25) is 19.2 Å². The van der Waals surface area contributed by atoms with Gasteiger partial charge in [0.15, 0.2) is 5.78 Å². The summed E-state index contributed by atoms with van der Waals surface area (Å²) in [6.07, 6.45) is -4.06. The molecule has 5 atom stereocenters. The number of Topliss-reactive ketones (excluding diaryl/α,β-unsaturated/α-hetero) is 2. The molecule has 1 aliphatic rings. The molecule has 0 bridgehead atoms. The zero-order valence-electron chi connectivity index (χ0n) is 32.3. The molecule has 0 spiro atoms. The molecule has 4 aromatic rings. The molecular formula is C40H49F4N7O4S. The Morgan fingerprint density at radius 3 is 2.32 bits per heavy atom. The van der Waals surface area contributed by atoms with Crippen LogP contribution in [0.25, 0.3) is 10.9 Å². The average molecular weight is 800 g/mol. The van der Waals surface area contributed by atoms with E-state index < -0.39 is 46.6 Å². The van der Waals surface area contributed by atoms with Crippen LogP contribution < -0.4 is 10.6 Å². The van der Waals surface area contributed by atoms with Gasteiger partial charge in [0, 0.05) is 67.9 Å². The highest BCUT2D eigenvalue weighted by molar-refractivity contribution is 7.99. The van der Waals surface area contributed by atoms with Crippen molar-refractivity contribution in [2.24, 2.45) is 30.7 Å². The van der Waals surface area contributed by atoms with Crippen molar-refractivity contribution in [3.8, 4) is 0 Å². The summed E-state index contributed by atoms with van der Waals surface area (Å²) in [5, 5.41) is 18.2. The molecule has 0 radical (unpaired) electrons. The number of alkyl halides is 3. The van der Waals surface area contributed by atoms with Gasteiger partial charge in [-0.15, -0.1) is 5.10 Å². The van der Waals surface area contributed by atoms with Crippen LogP contribution in [0.5, 0.6) is 0 Å². The van der Waals surface area contributed by atoms with Gasteiger partial charge in [0.1, 0.15) is 17.1 Å². The van der Waals surface area contributed by atoms with Gasteiger partial charge in [-0.05, 0) is 58.4 Å². The van der Waals surface area contributed by atoms with Gasteiger partial charge in [0.25, 0.3) is 0 Å². The van der Waals surface area contributed by atoms with Crippen LogP contribution in [0.15, 0.2) is 47.6 Å². The van der Waals surface area contributed by atoms with E-state index in [1.54, 1.807) is 19.2 Å². The molecule has 56 heavy (non-hydrogen) atoms. The quantitative estimate of drug-likeness (QED) is 0.0580. The van der Waals surface area contributed by atoms with E-state index in [-0.39, 0.29) is 79.7 Å². The maximum atomic E-state index is 14.8. The molecule has 16 heteroatoms. The number of hydrogen-bond donors (Lipinski definition) is 3. The first-order chi connectivity index (χ1) is 26.6. The van der Waals surface area contributed by atoms with E-state index in [4.69, 9.17) is 0 Å². The molecule has 0 fully saturated rings. The van der Waals surface area contributed by atoms with E-state index in [0.717, 1.165) is 6.07 Å². The van der Waals surface area contributed by atoms with Crippen molar-refractivity contribution in [1.29, 1.82) is 0 Å². The number of thioether (sulfide) groups is 1. The van der Waals surface area contributed by atoms with E-state index in [1.807, 2.05) is 27.7 Å². The molecule has 3 N–H and O–H groups in total. The Hall–Kier alpha value is -4.60. The first-order valence-corrected chi connectivity index (χ1v) is 20.0. The van der Waals surface area contributed by atoms with Gasteiger partial charge in [-0.1, -0.05) is 82.6 Å². The first kappa shape index (κ1) is 42.5. The van der Waals surface area contributed by atoms with Gasteiger partial charge in [0.05, 0.1) is 11.1 Å². The molecule has 5 rings (SSSR count). The molecular weight excluding hydrogens is 751 g/mol. The van der Waals surface area contributed by atoms with Gasteiger partial charge >= 0.3 is 6.18 Å². The third kappa shape index (κ3) is 9.67. The van der Waals surface area contributed by atoms with Crippen LogP contribution in [-0.2, 0) is 51.7 Å². The summed E-state index contributed by atoms with van der Waals surface area (Å²) in [5.41, 5.74) is -1.28. The van der Waals surface area contributed by atoms with Crippen LogP contribution in [0.3, 0.4) is 0 Å². The molecule has 302 valence electrons. The summed E-state index contributed by atoms with van der Waals surface area (Å²) in [6.45, 7) is 7.77. The number of nitrogens with one attached hydrogen (secondary N) is 3. The molecule has 2 unspecified atom stereocenters. The largest absolute Gasteiger partial charge is 0.418 e. The number of aromatic nitrogens is 5. The van der Waals surface area contributed by atoms with E-state index in [9.17, 15) is 36.7 Å². The Morgan fingerprint density at radius 1 is 0.982 bits per heavy atom. The lowest BCUT2D eigenvalue weighted by Gasteiger charge is -2.39. The minimum absolute atomic E-state index is 0.0619. The average Bonchev–Trinajstić information content (AvgIpc) is 3.75. The number of amides is 2. The molecule has 2 heterocycles. The molecule has 0 aliphatic heterocycles. The topological polar surface area (TPSA) is 152 Å². The van der Waals surface area contributed by atoms with Crippen LogP contribution >= 0.6 is 11.8 Å². The van der Waals surface area contributed by atoms with Crippen molar-refractivity contribution < 1.29 is 36.7 Å². The second-order valence-electron chi connectivity index (χ2n) is 14.9. The van der Waals surface area contributed by atoms with Gasteiger partial charge in [-0.2, -0.15) is 13.2 Å². The maximum Gasteiger partial charge on any atom is 0.418 e. The number of rotatable bonds is 18. The number of tetrazole rings is 1. The zero-order chi connectivity index (χ0) is 40.8. The number of carbonyl (C=O) groups is 4. The maximum absolute atomic E-state index is 14.8. The third-order valence-corrected chi connectivity index (χ3v) is 12.3. The Morgan fingerprint density at radius 2 is 1.68 bits per heavy atom. The van der Waals surface area contributed by atoms with Crippen LogP contribution in [0, 0.1) is 29.5 Å². The van der Waals surface area contributed by atoms with Crippen molar-refractivity contribution in [3.63, 3.8) is 0 Å². The number of nitrogens with zero attached hydrogens (tertiary/aromatic N) is 4. The summed E-state index contributed by atoms with van der Waals surface area (Å²) in [5.74, 6) is -3.88. The second-order valence-corrected chi connectivity index (χ2v) is 16.0. The standard InChI is InChI=1S/C40H49F4N7O4S/c1-6-23(3)28(20-26(52)19-25-11-8-9-14-32(25)41)37(55)47-39(16-15-33-30(22-39)27-12-10-13-31(35(27)46-33)40(42,43)44)34(53)21-29(24(4)7-2)36(54)45-17-18-56-38-48-49-50-51(38)5/h8-14,23-24,28-29,46H,6-7,15-22H2,1-5H3,(H,45,54)(H,47,55)/t23?,24?,28-,29-,39+/m0/s1. The normalized spacial score (nSPS) is 17.8. The van der Waals surface area contributed by atoms with Crippen molar-refractivity contribution >= 4 is 46.0 Å². The number of para-hydroxylation sites is 1. The van der Waals surface area contributed by atoms with Crippen molar-refractivity contribution in [2.45, 2.75) is 95.9 Å². The highest BCUT2D eigenvalue weighted by Gasteiger charge is 2.47. The molecule has 2 aromatic heterocycles. The highest BCUT2D eigenvalue weighted by Crippen LogP contribution is 2.41. The van der Waals surface area contributed by atoms with E-state index in [2.05, 4.69) is 31.1 Å². The summed E-state index contributed by atoms with van der Waals surface area (Å²) in [4.78, 5) is 59.3. The number of aromatic amines is 1. The minimum atomic E-state index is -4.63. The number of halogens is 4. The predicted molar refractivity (Wildman–Crippen MR) is 204 cm³/mol. The SMILES string of the molecule is CCC(C)[C@H](CC(=O)[C@@]1(NC(=O)[C@@H](CC(=O)Cc2ccccc2F)C(C)CC)CCc2[nH]c3c(C(F)(F)F)cccc3c2C1)C(=O)NCCSc1nnnn1C. The fourth-order valence-electron chi connectivity index (χ4n) is 7.48. The van der Waals surface area contributed by atoms with Gasteiger partial charge < -0.3 is 15.6 Å². The van der Waals surface area contributed by atoms with Crippen LogP contribution in [0.4, 0.5) is 17.6 Å². The van der Waals surface area contributed by atoms with E-state index >= 15 is 0 Å². The smallest absolute Gasteiger partial charge is 0.358 e. The number of fused-ring (bicyclic) bond motifs is 3. The molecule has 0 saturated carbocycles. The number of ketones is 2. The minimum Gasteiger partial charge on any atom is -0.358 e. The fraction of sp³-hybridized carbons (Fsp3) is 0.525. The first-order valence-electron chi connectivity index (χ1n) is 19.0. The molecule has 0 saturated heterocycles. The lowest BCUT2D eigenvalue weighted by Crippen LogP contribution is -2.60. The summed E-state index contributed by atoms with van der Waals surface area (Å²) in [6, 6.07) is 9.81. The van der Waals surface area contributed by atoms with E-state index in [1.165, 1.54) is 40.7 Å². The number of hydrogen-bond acceptors (Lipinski definition) is 8. The zero-order valence-corrected chi connectivity index (χ0v) is 33.1. The van der Waals surface area contributed by atoms with Crippen LogP contribution in [0.2, 0.25) is 0 Å². The number of carbonyl (C=O) groups excluding carboxylic acids is 4. The predicted octanol–water partition coefficient (Wildman–Crippen LogP) is 6.59. The van der Waals surface area contributed by atoms with Gasteiger partial charge in [0.2, 0.25) is 17.0 Å². The van der Waals surface area contributed by atoms with Crippen LogP contribution in [-0.4, -0.2) is 66.4 Å². The van der Waals surface area contributed by atoms with Crippen molar-refractivity contribution in [2.75, 3.05) is 12.3 Å². The van der Waals surface area contributed by atoms with E-state index in [0.29, 0.717) is 40.4 Å². The Kier molecular flexibility index (Phi) is 13.8. The third-order valence-electron chi connectivity index (χ3n) is 11.3. The van der Waals surface area contributed by atoms with Crippen molar-refractivity contribution in [3.05, 3.63) is 70.7 Å². The molecule has 2 amide bonds. The Bertz CT molecular complexity index is 2050. The second kappa shape index (κ2) is 18.1. The lowest BCUT2D eigenvalue weighted by molar-refractivity contribution is -0.139. The number of H-pyrrole nitrogens is 1. The number of benzene rings is 2. The Balaban J connectivity index is 1.45.